The van der Waals surface area contributed by atoms with Gasteiger partial charge >= 0.3 is 8.80 Å². The molecule has 0 saturated heterocycles. The van der Waals surface area contributed by atoms with Crippen LogP contribution in [0.25, 0.3) is 0 Å². The van der Waals surface area contributed by atoms with E-state index in [9.17, 15) is 0 Å². The minimum Gasteiger partial charge on any atom is -0.377 e. The summed E-state index contributed by atoms with van der Waals surface area (Å²) in [6, 6.07) is 0. The third kappa shape index (κ3) is 4.20. The second-order valence-corrected chi connectivity index (χ2v) is 6.88. The summed E-state index contributed by atoms with van der Waals surface area (Å²) >= 11 is 0. The molecule has 0 aliphatic rings. The highest BCUT2D eigenvalue weighted by atomic mass is 28.4. The Morgan fingerprint density at radius 1 is 1.07 bits per heavy atom. The largest absolute Gasteiger partial charge is 0.503 e. The molecule has 0 saturated carbocycles. The van der Waals surface area contributed by atoms with Crippen LogP contribution >= 0.6 is 0 Å². The monoisotopic (exact) mass is 235 g/mol. The van der Waals surface area contributed by atoms with E-state index in [-0.39, 0.29) is 0 Å². The first-order valence-electron chi connectivity index (χ1n) is 5.56. The summed E-state index contributed by atoms with van der Waals surface area (Å²) in [5.41, 5.74) is 5.90. The van der Waals surface area contributed by atoms with Gasteiger partial charge in [-0.25, -0.2) is 0 Å². The summed E-state index contributed by atoms with van der Waals surface area (Å²) in [5, 5.41) is 0. The van der Waals surface area contributed by atoms with Crippen molar-refractivity contribution in [2.75, 3.05) is 27.9 Å². The van der Waals surface area contributed by atoms with Crippen LogP contribution in [-0.4, -0.2) is 36.7 Å². The zero-order valence-electron chi connectivity index (χ0n) is 10.4. The van der Waals surface area contributed by atoms with Gasteiger partial charge in [-0.1, -0.05) is 13.3 Å². The van der Waals surface area contributed by atoms with Crippen molar-refractivity contribution >= 4 is 8.80 Å². The maximum atomic E-state index is 5.53. The lowest BCUT2D eigenvalue weighted by Crippen LogP contribution is -2.47. The first kappa shape index (κ1) is 15.1. The van der Waals surface area contributed by atoms with Crippen LogP contribution in [0.15, 0.2) is 0 Å². The first-order chi connectivity index (χ1) is 7.20. The smallest absolute Gasteiger partial charge is 0.377 e. The van der Waals surface area contributed by atoms with E-state index in [0.29, 0.717) is 12.1 Å². The molecule has 0 bridgehead atoms. The highest BCUT2D eigenvalue weighted by Crippen LogP contribution is 2.32. The van der Waals surface area contributed by atoms with Crippen molar-refractivity contribution in [3.8, 4) is 0 Å². The van der Waals surface area contributed by atoms with Crippen LogP contribution in [0.5, 0.6) is 0 Å². The predicted octanol–water partition coefficient (Wildman–Crippen LogP) is 1.77. The lowest BCUT2D eigenvalue weighted by Gasteiger charge is -2.32. The molecule has 2 N–H and O–H groups in total. The molecular weight excluding hydrogens is 210 g/mol. The van der Waals surface area contributed by atoms with Crippen LogP contribution in [0.4, 0.5) is 0 Å². The van der Waals surface area contributed by atoms with E-state index in [4.69, 9.17) is 19.0 Å². The molecule has 1 unspecified atom stereocenters. The Morgan fingerprint density at radius 2 is 1.60 bits per heavy atom. The van der Waals surface area contributed by atoms with E-state index in [1.54, 1.807) is 21.3 Å². The molecule has 1 atom stereocenters. The average molecular weight is 235 g/mol. The van der Waals surface area contributed by atoms with E-state index in [1.165, 1.54) is 0 Å². The summed E-state index contributed by atoms with van der Waals surface area (Å²) in [6.07, 6.45) is 4.20. The summed E-state index contributed by atoms with van der Waals surface area (Å²) in [7, 11) is 2.55. The van der Waals surface area contributed by atoms with E-state index in [0.717, 1.165) is 25.7 Å². The minimum absolute atomic E-state index is 0.367. The van der Waals surface area contributed by atoms with Crippen LogP contribution in [0.1, 0.15) is 32.6 Å². The van der Waals surface area contributed by atoms with Gasteiger partial charge in [0.25, 0.3) is 0 Å². The number of hydrogen-bond acceptors (Lipinski definition) is 4. The van der Waals surface area contributed by atoms with Gasteiger partial charge in [0, 0.05) is 26.9 Å². The minimum atomic E-state index is -2.46. The van der Waals surface area contributed by atoms with Gasteiger partial charge in [0.05, 0.1) is 0 Å². The van der Waals surface area contributed by atoms with Crippen LogP contribution < -0.4 is 5.73 Å². The molecule has 0 rings (SSSR count). The van der Waals surface area contributed by atoms with Gasteiger partial charge in [0.15, 0.2) is 0 Å². The van der Waals surface area contributed by atoms with E-state index < -0.39 is 8.80 Å². The molecule has 0 radical (unpaired) electrons. The molecule has 0 heterocycles. The molecule has 92 valence electrons. The number of rotatable bonds is 9. The van der Waals surface area contributed by atoms with Gasteiger partial charge in [-0.2, -0.15) is 0 Å². The summed E-state index contributed by atoms with van der Waals surface area (Å²) in [4.78, 5) is 0. The second kappa shape index (κ2) is 8.24. The van der Waals surface area contributed by atoms with Crippen molar-refractivity contribution in [2.45, 2.75) is 38.1 Å². The van der Waals surface area contributed by atoms with Crippen LogP contribution in [0.3, 0.4) is 0 Å². The zero-order chi connectivity index (χ0) is 11.7. The van der Waals surface area contributed by atoms with E-state index in [2.05, 4.69) is 6.92 Å². The van der Waals surface area contributed by atoms with Crippen molar-refractivity contribution in [1.82, 2.24) is 0 Å². The molecule has 0 aromatic carbocycles. The predicted molar refractivity (Wildman–Crippen MR) is 63.7 cm³/mol. The second-order valence-electron chi connectivity index (χ2n) is 3.63. The molecular formula is C10H25NO3Si. The highest BCUT2D eigenvalue weighted by molar-refractivity contribution is 6.62. The van der Waals surface area contributed by atoms with Crippen molar-refractivity contribution < 1.29 is 13.3 Å². The normalized spacial score (nSPS) is 14.2. The van der Waals surface area contributed by atoms with Gasteiger partial charge in [-0.05, 0) is 25.8 Å². The Morgan fingerprint density at radius 3 is 1.93 bits per heavy atom. The fourth-order valence-corrected chi connectivity index (χ4v) is 4.66. The molecule has 5 heteroatoms. The van der Waals surface area contributed by atoms with E-state index >= 15 is 0 Å². The third-order valence-corrected chi connectivity index (χ3v) is 6.03. The average Bonchev–Trinajstić information content (AvgIpc) is 2.28. The topological polar surface area (TPSA) is 53.7 Å². The Labute approximate surface area is 94.5 Å². The van der Waals surface area contributed by atoms with Crippen LogP contribution in [-0.2, 0) is 13.3 Å². The molecule has 0 fully saturated rings. The molecule has 15 heavy (non-hydrogen) atoms. The van der Waals surface area contributed by atoms with Gasteiger partial charge in [0.1, 0.15) is 0 Å². The quantitative estimate of drug-likeness (QED) is 0.619. The van der Waals surface area contributed by atoms with E-state index in [1.807, 2.05) is 0 Å². The summed E-state index contributed by atoms with van der Waals surface area (Å²) < 4.78 is 16.5. The third-order valence-electron chi connectivity index (χ3n) is 2.75. The Bertz CT molecular complexity index is 145. The fourth-order valence-electron chi connectivity index (χ4n) is 1.96. The van der Waals surface area contributed by atoms with Crippen molar-refractivity contribution in [2.24, 2.45) is 5.73 Å². The standard InChI is InChI=1S/C10H25NO3Si/c1-5-7-10(8-6-9-11)15(12-2,13-3)14-4/h10H,5-9,11H2,1-4H3. The molecule has 0 aliphatic heterocycles. The summed E-state index contributed by atoms with van der Waals surface area (Å²) in [6.45, 7) is 2.87. The van der Waals surface area contributed by atoms with Crippen LogP contribution in [0.2, 0.25) is 5.54 Å². The maximum Gasteiger partial charge on any atom is 0.503 e. The maximum absolute atomic E-state index is 5.53. The summed E-state index contributed by atoms with van der Waals surface area (Å²) in [5.74, 6) is 0. The van der Waals surface area contributed by atoms with Gasteiger partial charge in [-0.3, -0.25) is 0 Å². The van der Waals surface area contributed by atoms with Crippen LogP contribution in [0, 0.1) is 0 Å². The van der Waals surface area contributed by atoms with Crippen molar-refractivity contribution in [3.05, 3.63) is 0 Å². The van der Waals surface area contributed by atoms with Crippen molar-refractivity contribution in [3.63, 3.8) is 0 Å². The fraction of sp³-hybridized carbons (Fsp3) is 1.00. The highest BCUT2D eigenvalue weighted by Gasteiger charge is 2.45. The number of nitrogens with two attached hydrogens (primary N) is 1. The number of hydrogen-bond donors (Lipinski definition) is 1. The molecule has 4 nitrogen and oxygen atoms in total. The molecule has 0 amide bonds. The Kier molecular flexibility index (Phi) is 8.27. The first-order valence-corrected chi connectivity index (χ1v) is 7.36. The zero-order valence-corrected chi connectivity index (χ0v) is 11.4. The molecule has 0 aromatic heterocycles. The Balaban J connectivity index is 4.50. The lowest BCUT2D eigenvalue weighted by atomic mass is 10.1. The molecule has 0 spiro atoms. The SMILES string of the molecule is CCCC(CCCN)[Si](OC)(OC)OC. The van der Waals surface area contributed by atoms with Gasteiger partial charge < -0.3 is 19.0 Å². The lowest BCUT2D eigenvalue weighted by molar-refractivity contribution is 0.107. The molecule has 0 aromatic rings. The van der Waals surface area contributed by atoms with Crippen molar-refractivity contribution in [1.29, 1.82) is 0 Å². The Hall–Kier alpha value is 0.0569. The van der Waals surface area contributed by atoms with Gasteiger partial charge in [0.2, 0.25) is 0 Å². The van der Waals surface area contributed by atoms with Gasteiger partial charge in [-0.15, -0.1) is 0 Å². The molecule has 0 aliphatic carbocycles.